The first kappa shape index (κ1) is 11.1. The van der Waals surface area contributed by atoms with Crippen molar-refractivity contribution in [3.63, 3.8) is 0 Å². The Bertz CT molecular complexity index is 368. The number of carbonyl (C=O) groups is 1. The molecule has 1 aromatic heterocycles. The van der Waals surface area contributed by atoms with Crippen molar-refractivity contribution in [3.05, 3.63) is 17.5 Å². The van der Waals surface area contributed by atoms with Crippen LogP contribution in [-0.4, -0.2) is 29.4 Å². The monoisotopic (exact) mass is 225 g/mol. The Morgan fingerprint density at radius 3 is 2.75 bits per heavy atom. The molecule has 1 aromatic rings. The van der Waals surface area contributed by atoms with Crippen LogP contribution in [0.5, 0.6) is 0 Å². The predicted octanol–water partition coefficient (Wildman–Crippen LogP) is 1.58. The first-order chi connectivity index (χ1) is 7.68. The van der Waals surface area contributed by atoms with Crippen LogP contribution in [-0.2, 0) is 9.53 Å². The van der Waals surface area contributed by atoms with E-state index in [4.69, 9.17) is 9.26 Å². The molecule has 0 bridgehead atoms. The Balaban J connectivity index is 2.19. The molecule has 2 heterocycles. The zero-order valence-electron chi connectivity index (χ0n) is 9.18. The highest BCUT2D eigenvalue weighted by Gasteiger charge is 2.34. The van der Waals surface area contributed by atoms with Gasteiger partial charge in [0, 0.05) is 19.3 Å². The topological polar surface area (TPSA) is 72.6 Å². The molecule has 1 N–H and O–H groups in total. The highest BCUT2D eigenvalue weighted by Crippen LogP contribution is 2.32. The zero-order valence-corrected chi connectivity index (χ0v) is 9.18. The summed E-state index contributed by atoms with van der Waals surface area (Å²) >= 11 is 0. The van der Waals surface area contributed by atoms with E-state index in [0.717, 1.165) is 12.8 Å². The molecule has 16 heavy (non-hydrogen) atoms. The molecule has 0 spiro atoms. The standard InChI is InChI=1S/C11H15NO4/c1-7-6-9(16-12-7)10(11(13)14)8-2-4-15-5-3-8/h6,8,10H,2-5H2,1H3,(H,13,14). The van der Waals surface area contributed by atoms with E-state index in [-0.39, 0.29) is 5.92 Å². The first-order valence-corrected chi connectivity index (χ1v) is 5.42. The largest absolute Gasteiger partial charge is 0.481 e. The minimum atomic E-state index is -0.844. The number of carboxylic acid groups (broad SMARTS) is 1. The van der Waals surface area contributed by atoms with Gasteiger partial charge >= 0.3 is 5.97 Å². The third-order valence-corrected chi connectivity index (χ3v) is 2.96. The number of aromatic nitrogens is 1. The fourth-order valence-corrected chi connectivity index (χ4v) is 2.13. The van der Waals surface area contributed by atoms with Gasteiger partial charge in [-0.25, -0.2) is 0 Å². The first-order valence-electron chi connectivity index (χ1n) is 5.42. The molecule has 5 nitrogen and oxygen atoms in total. The maximum Gasteiger partial charge on any atom is 0.314 e. The van der Waals surface area contributed by atoms with E-state index in [1.165, 1.54) is 0 Å². The molecule has 1 unspecified atom stereocenters. The second-order valence-corrected chi connectivity index (χ2v) is 4.14. The van der Waals surface area contributed by atoms with Crippen molar-refractivity contribution in [2.75, 3.05) is 13.2 Å². The normalized spacial score (nSPS) is 19.6. The van der Waals surface area contributed by atoms with Gasteiger partial charge in [0.1, 0.15) is 5.92 Å². The van der Waals surface area contributed by atoms with Crippen LogP contribution in [0.15, 0.2) is 10.6 Å². The Labute approximate surface area is 93.4 Å². The highest BCUT2D eigenvalue weighted by atomic mass is 16.5. The van der Waals surface area contributed by atoms with Crippen LogP contribution in [0.4, 0.5) is 0 Å². The average molecular weight is 225 g/mol. The summed E-state index contributed by atoms with van der Waals surface area (Å²) in [6.07, 6.45) is 1.52. The number of aliphatic carboxylic acids is 1. The molecule has 88 valence electrons. The molecular formula is C11H15NO4. The summed E-state index contributed by atoms with van der Waals surface area (Å²) in [6, 6.07) is 1.70. The van der Waals surface area contributed by atoms with Crippen molar-refractivity contribution >= 4 is 5.97 Å². The molecule has 0 radical (unpaired) electrons. The van der Waals surface area contributed by atoms with Crippen molar-refractivity contribution in [2.24, 2.45) is 5.92 Å². The third kappa shape index (κ3) is 2.24. The van der Waals surface area contributed by atoms with Gasteiger partial charge in [0.2, 0.25) is 0 Å². The van der Waals surface area contributed by atoms with Crippen LogP contribution in [0.2, 0.25) is 0 Å². The second kappa shape index (κ2) is 4.65. The van der Waals surface area contributed by atoms with Crippen molar-refractivity contribution in [1.29, 1.82) is 0 Å². The Morgan fingerprint density at radius 1 is 1.56 bits per heavy atom. The van der Waals surface area contributed by atoms with Gasteiger partial charge in [-0.2, -0.15) is 0 Å². The fourth-order valence-electron chi connectivity index (χ4n) is 2.13. The molecule has 0 saturated carbocycles. The molecule has 0 aromatic carbocycles. The minimum absolute atomic E-state index is 0.0820. The third-order valence-electron chi connectivity index (χ3n) is 2.96. The Kier molecular flexibility index (Phi) is 3.24. The molecule has 1 saturated heterocycles. The molecular weight excluding hydrogens is 210 g/mol. The fraction of sp³-hybridized carbons (Fsp3) is 0.636. The van der Waals surface area contributed by atoms with Gasteiger partial charge in [-0.05, 0) is 25.7 Å². The lowest BCUT2D eigenvalue weighted by atomic mass is 9.84. The number of hydrogen-bond acceptors (Lipinski definition) is 4. The van der Waals surface area contributed by atoms with Crippen molar-refractivity contribution in [3.8, 4) is 0 Å². The Hall–Kier alpha value is -1.36. The lowest BCUT2D eigenvalue weighted by Gasteiger charge is -2.25. The SMILES string of the molecule is Cc1cc(C(C(=O)O)C2CCOCC2)on1. The summed E-state index contributed by atoms with van der Waals surface area (Å²) in [5, 5.41) is 13.0. The zero-order chi connectivity index (χ0) is 11.5. The maximum absolute atomic E-state index is 11.3. The summed E-state index contributed by atoms with van der Waals surface area (Å²) in [4.78, 5) is 11.3. The summed E-state index contributed by atoms with van der Waals surface area (Å²) < 4.78 is 10.3. The number of nitrogens with zero attached hydrogens (tertiary/aromatic N) is 1. The van der Waals surface area contributed by atoms with E-state index in [1.54, 1.807) is 13.0 Å². The van der Waals surface area contributed by atoms with Crippen LogP contribution < -0.4 is 0 Å². The lowest BCUT2D eigenvalue weighted by molar-refractivity contribution is -0.141. The predicted molar refractivity (Wildman–Crippen MR) is 55.2 cm³/mol. The van der Waals surface area contributed by atoms with Gasteiger partial charge < -0.3 is 14.4 Å². The quantitative estimate of drug-likeness (QED) is 0.845. The minimum Gasteiger partial charge on any atom is -0.481 e. The number of ether oxygens (including phenoxy) is 1. The van der Waals surface area contributed by atoms with E-state index in [0.29, 0.717) is 24.7 Å². The van der Waals surface area contributed by atoms with E-state index in [1.807, 2.05) is 0 Å². The Morgan fingerprint density at radius 2 is 2.25 bits per heavy atom. The number of rotatable bonds is 3. The van der Waals surface area contributed by atoms with E-state index < -0.39 is 11.9 Å². The molecule has 5 heteroatoms. The van der Waals surface area contributed by atoms with Gasteiger partial charge in [0.15, 0.2) is 5.76 Å². The molecule has 0 amide bonds. The van der Waals surface area contributed by atoms with Gasteiger partial charge in [-0.3, -0.25) is 4.79 Å². The van der Waals surface area contributed by atoms with Crippen molar-refractivity contribution in [1.82, 2.24) is 5.16 Å². The van der Waals surface area contributed by atoms with Gasteiger partial charge in [0.05, 0.1) is 5.69 Å². The summed E-state index contributed by atoms with van der Waals surface area (Å²) in [7, 11) is 0. The van der Waals surface area contributed by atoms with E-state index in [2.05, 4.69) is 5.16 Å². The van der Waals surface area contributed by atoms with E-state index >= 15 is 0 Å². The number of carboxylic acids is 1. The molecule has 1 atom stereocenters. The molecule has 0 aliphatic carbocycles. The maximum atomic E-state index is 11.3. The van der Waals surface area contributed by atoms with Crippen LogP contribution in [0.25, 0.3) is 0 Å². The van der Waals surface area contributed by atoms with Crippen LogP contribution in [0, 0.1) is 12.8 Å². The number of aryl methyl sites for hydroxylation is 1. The van der Waals surface area contributed by atoms with Crippen LogP contribution in [0.3, 0.4) is 0 Å². The van der Waals surface area contributed by atoms with Gasteiger partial charge in [-0.1, -0.05) is 5.16 Å². The molecule has 1 aliphatic rings. The molecule has 1 fully saturated rings. The lowest BCUT2D eigenvalue weighted by Crippen LogP contribution is -2.27. The van der Waals surface area contributed by atoms with Crippen LogP contribution in [0.1, 0.15) is 30.2 Å². The molecule has 1 aliphatic heterocycles. The van der Waals surface area contributed by atoms with Crippen molar-refractivity contribution < 1.29 is 19.2 Å². The van der Waals surface area contributed by atoms with Crippen molar-refractivity contribution in [2.45, 2.75) is 25.7 Å². The highest BCUT2D eigenvalue weighted by molar-refractivity contribution is 5.75. The van der Waals surface area contributed by atoms with Crippen LogP contribution >= 0.6 is 0 Å². The van der Waals surface area contributed by atoms with E-state index in [9.17, 15) is 9.90 Å². The average Bonchev–Trinajstić information content (AvgIpc) is 2.66. The smallest absolute Gasteiger partial charge is 0.314 e. The second-order valence-electron chi connectivity index (χ2n) is 4.14. The summed E-state index contributed by atoms with van der Waals surface area (Å²) in [5.41, 5.74) is 0.716. The van der Waals surface area contributed by atoms with Gasteiger partial charge in [0.25, 0.3) is 0 Å². The van der Waals surface area contributed by atoms with Gasteiger partial charge in [-0.15, -0.1) is 0 Å². The number of hydrogen-bond donors (Lipinski definition) is 1. The summed E-state index contributed by atoms with van der Waals surface area (Å²) in [5.74, 6) is -0.899. The molecule has 2 rings (SSSR count). The summed E-state index contributed by atoms with van der Waals surface area (Å²) in [6.45, 7) is 3.04.